The molecule has 1 aromatic heterocycles. The minimum absolute atomic E-state index is 0.0376. The number of nitriles is 1. The first kappa shape index (κ1) is 18.0. The smallest absolute Gasteiger partial charge is 0.249 e. The minimum atomic E-state index is -0.735. The molecule has 0 radical (unpaired) electrons. The van der Waals surface area contributed by atoms with Crippen LogP contribution in [0.2, 0.25) is 5.02 Å². The number of aliphatic imine (C=N–C) groups is 1. The van der Waals surface area contributed by atoms with E-state index in [2.05, 4.69) is 15.5 Å². The molecular formula is C16H12ClN5O3S. The fourth-order valence-corrected chi connectivity index (χ4v) is 3.45. The predicted molar refractivity (Wildman–Crippen MR) is 97.0 cm³/mol. The molecule has 1 aromatic carbocycles. The van der Waals surface area contributed by atoms with Crippen molar-refractivity contribution in [2.75, 3.05) is 4.90 Å². The Bertz CT molecular complexity index is 936. The first-order chi connectivity index (χ1) is 12.5. The van der Waals surface area contributed by atoms with Gasteiger partial charge in [-0.3, -0.25) is 14.9 Å². The lowest BCUT2D eigenvalue weighted by Gasteiger charge is -2.11. The summed E-state index contributed by atoms with van der Waals surface area (Å²) in [4.78, 5) is 30.1. The molecule has 0 saturated carbocycles. The molecule has 1 atom stereocenters. The third kappa shape index (κ3) is 3.71. The van der Waals surface area contributed by atoms with Gasteiger partial charge in [0.1, 0.15) is 11.0 Å². The summed E-state index contributed by atoms with van der Waals surface area (Å²) in [6.45, 7) is 1.67. The van der Waals surface area contributed by atoms with Gasteiger partial charge in [0.25, 0.3) is 0 Å². The molecule has 0 aliphatic carbocycles. The van der Waals surface area contributed by atoms with Crippen LogP contribution in [-0.2, 0) is 9.59 Å². The maximum atomic E-state index is 12.6. The second-order valence-electron chi connectivity index (χ2n) is 5.28. The Hall–Kier alpha value is -2.83. The summed E-state index contributed by atoms with van der Waals surface area (Å²) in [6.07, 6.45) is 1.73. The van der Waals surface area contributed by atoms with Crippen molar-refractivity contribution in [2.45, 2.75) is 18.6 Å². The van der Waals surface area contributed by atoms with Crippen LogP contribution >= 0.6 is 23.4 Å². The second kappa shape index (κ2) is 7.59. The number of aryl methyl sites for hydroxylation is 1. The monoisotopic (exact) mass is 389 g/mol. The van der Waals surface area contributed by atoms with Gasteiger partial charge in [-0.05, 0) is 19.1 Å². The van der Waals surface area contributed by atoms with Crippen molar-refractivity contribution in [3.8, 4) is 6.19 Å². The summed E-state index contributed by atoms with van der Waals surface area (Å²) in [6, 6.07) is 8.35. The van der Waals surface area contributed by atoms with Gasteiger partial charge in [0.2, 0.25) is 11.8 Å². The number of halogens is 1. The molecular weight excluding hydrogens is 378 g/mol. The molecule has 0 unspecified atom stereocenters. The van der Waals surface area contributed by atoms with Crippen LogP contribution in [0.1, 0.15) is 12.2 Å². The number of nitrogens with zero attached hydrogens (tertiary/aromatic N) is 4. The number of carbonyl (C=O) groups excluding carboxylic acids is 2. The molecule has 1 N–H and O–H groups in total. The quantitative estimate of drug-likeness (QED) is 0.282. The summed E-state index contributed by atoms with van der Waals surface area (Å²) in [5.41, 5.74) is 0.445. The van der Waals surface area contributed by atoms with Crippen LogP contribution in [0.5, 0.6) is 0 Å². The fraction of sp³-hybridized carbons (Fsp3) is 0.188. The number of anilines is 1. The first-order valence-electron chi connectivity index (χ1n) is 7.44. The van der Waals surface area contributed by atoms with Crippen LogP contribution in [0, 0.1) is 18.4 Å². The van der Waals surface area contributed by atoms with Crippen molar-refractivity contribution in [3.63, 3.8) is 0 Å². The molecule has 132 valence electrons. The van der Waals surface area contributed by atoms with Gasteiger partial charge in [-0.2, -0.15) is 5.26 Å². The largest absolute Gasteiger partial charge is 0.360 e. The van der Waals surface area contributed by atoms with Crippen LogP contribution < -0.4 is 10.2 Å². The number of aromatic nitrogens is 1. The van der Waals surface area contributed by atoms with Crippen LogP contribution in [0.3, 0.4) is 0 Å². The lowest BCUT2D eigenvalue weighted by molar-refractivity contribution is -0.121. The summed E-state index contributed by atoms with van der Waals surface area (Å²) >= 11 is 7.05. The third-order valence-corrected chi connectivity index (χ3v) is 4.83. The number of benzene rings is 1. The highest BCUT2D eigenvalue weighted by molar-refractivity contribution is 8.15. The van der Waals surface area contributed by atoms with Crippen LogP contribution in [0.4, 0.5) is 11.5 Å². The number of amides is 2. The van der Waals surface area contributed by atoms with Crippen molar-refractivity contribution >= 4 is 51.9 Å². The molecule has 1 aliphatic heterocycles. The number of para-hydroxylation sites is 1. The molecule has 0 spiro atoms. The van der Waals surface area contributed by atoms with E-state index < -0.39 is 17.1 Å². The maximum absolute atomic E-state index is 12.6. The van der Waals surface area contributed by atoms with E-state index in [-0.39, 0.29) is 17.4 Å². The van der Waals surface area contributed by atoms with E-state index in [0.717, 1.165) is 16.7 Å². The molecule has 26 heavy (non-hydrogen) atoms. The normalized spacial score (nSPS) is 17.5. The summed E-state index contributed by atoms with van der Waals surface area (Å²) < 4.78 is 4.92. The number of hydrogen-bond acceptors (Lipinski definition) is 7. The zero-order valence-electron chi connectivity index (χ0n) is 13.5. The Kier molecular flexibility index (Phi) is 5.25. The SMILES string of the molecule is Cc1cc(N2C(=O)C[C@@H](SC(=Nc3ccccc3Cl)NC#N)C2=O)no1. The van der Waals surface area contributed by atoms with Crippen molar-refractivity contribution < 1.29 is 14.1 Å². The fourth-order valence-electron chi connectivity index (χ4n) is 2.31. The molecule has 1 fully saturated rings. The van der Waals surface area contributed by atoms with E-state index in [1.807, 2.05) is 0 Å². The minimum Gasteiger partial charge on any atom is -0.360 e. The Morgan fingerprint density at radius 3 is 2.92 bits per heavy atom. The number of hydrogen-bond donors (Lipinski definition) is 1. The molecule has 1 aliphatic rings. The second-order valence-corrected chi connectivity index (χ2v) is 6.88. The van der Waals surface area contributed by atoms with Gasteiger partial charge >= 0.3 is 0 Å². The summed E-state index contributed by atoms with van der Waals surface area (Å²) in [5, 5.41) is 14.9. The van der Waals surface area contributed by atoms with Gasteiger partial charge in [-0.25, -0.2) is 9.89 Å². The average Bonchev–Trinajstić information content (AvgIpc) is 3.13. The standard InChI is InChI=1S/C16H12ClN5O3S/c1-9-6-13(21-25-9)22-14(23)7-12(15(22)24)26-16(19-8-18)20-11-5-3-2-4-10(11)17/h2-6,12H,7H2,1H3,(H,19,20)/t12-/m1/s1. The molecule has 3 rings (SSSR count). The number of carbonyl (C=O) groups is 2. The summed E-state index contributed by atoms with van der Waals surface area (Å²) in [7, 11) is 0. The van der Waals surface area contributed by atoms with E-state index in [9.17, 15) is 9.59 Å². The van der Waals surface area contributed by atoms with E-state index >= 15 is 0 Å². The lowest BCUT2D eigenvalue weighted by atomic mass is 10.3. The van der Waals surface area contributed by atoms with Crippen molar-refractivity contribution in [1.29, 1.82) is 5.26 Å². The molecule has 1 saturated heterocycles. The van der Waals surface area contributed by atoms with Crippen molar-refractivity contribution in [1.82, 2.24) is 10.5 Å². The van der Waals surface area contributed by atoms with Crippen LogP contribution in [0.25, 0.3) is 0 Å². The molecule has 10 heteroatoms. The Balaban J connectivity index is 1.82. The zero-order valence-corrected chi connectivity index (χ0v) is 15.0. The van der Waals surface area contributed by atoms with Gasteiger partial charge in [-0.15, -0.1) is 0 Å². The Morgan fingerprint density at radius 2 is 2.27 bits per heavy atom. The Morgan fingerprint density at radius 1 is 1.50 bits per heavy atom. The third-order valence-electron chi connectivity index (χ3n) is 3.44. The van der Waals surface area contributed by atoms with E-state index in [4.69, 9.17) is 21.4 Å². The number of imide groups is 1. The highest BCUT2D eigenvalue weighted by Crippen LogP contribution is 2.31. The first-order valence-corrected chi connectivity index (χ1v) is 8.70. The van der Waals surface area contributed by atoms with E-state index in [1.165, 1.54) is 6.07 Å². The lowest BCUT2D eigenvalue weighted by Crippen LogP contribution is -2.32. The number of rotatable bonds is 3. The Labute approximate surface area is 157 Å². The predicted octanol–water partition coefficient (Wildman–Crippen LogP) is 2.76. The van der Waals surface area contributed by atoms with Crippen molar-refractivity contribution in [2.24, 2.45) is 4.99 Å². The average molecular weight is 390 g/mol. The van der Waals surface area contributed by atoms with E-state index in [0.29, 0.717) is 16.5 Å². The molecule has 2 aromatic rings. The number of amidine groups is 1. The number of nitrogens with one attached hydrogen (secondary N) is 1. The molecule has 2 heterocycles. The zero-order chi connectivity index (χ0) is 18.7. The van der Waals surface area contributed by atoms with Gasteiger partial charge in [0, 0.05) is 12.5 Å². The maximum Gasteiger partial charge on any atom is 0.249 e. The molecule has 8 nitrogen and oxygen atoms in total. The number of thioether (sulfide) groups is 1. The highest BCUT2D eigenvalue weighted by Gasteiger charge is 2.42. The van der Waals surface area contributed by atoms with Gasteiger partial charge < -0.3 is 4.52 Å². The molecule has 0 bridgehead atoms. The van der Waals surface area contributed by atoms with Crippen molar-refractivity contribution in [3.05, 3.63) is 41.1 Å². The molecule has 2 amide bonds. The van der Waals surface area contributed by atoms with Gasteiger partial charge in [0.15, 0.2) is 17.2 Å². The highest BCUT2D eigenvalue weighted by atomic mass is 35.5. The summed E-state index contributed by atoms with van der Waals surface area (Å²) in [5.74, 6) is -0.197. The van der Waals surface area contributed by atoms with E-state index in [1.54, 1.807) is 37.4 Å². The van der Waals surface area contributed by atoms with Gasteiger partial charge in [-0.1, -0.05) is 40.7 Å². The topological polar surface area (TPSA) is 112 Å². The van der Waals surface area contributed by atoms with Crippen LogP contribution in [-0.4, -0.2) is 27.4 Å². The van der Waals surface area contributed by atoms with Gasteiger partial charge in [0.05, 0.1) is 10.7 Å². The van der Waals surface area contributed by atoms with Crippen LogP contribution in [0.15, 0.2) is 39.8 Å².